The first-order valence-electron chi connectivity index (χ1n) is 12.9. The van der Waals surface area contributed by atoms with E-state index in [2.05, 4.69) is 4.90 Å². The third-order valence-electron chi connectivity index (χ3n) is 7.39. The van der Waals surface area contributed by atoms with Gasteiger partial charge in [0.05, 0.1) is 4.88 Å². The number of phenolic OH excluding ortho intramolecular Hbond substituents is 2. The summed E-state index contributed by atoms with van der Waals surface area (Å²) >= 11 is 1.53. The minimum Gasteiger partial charge on any atom is -0.507 e. The molecule has 6 rings (SSSR count). The van der Waals surface area contributed by atoms with Gasteiger partial charge in [0.25, 0.3) is 5.91 Å². The number of nitrogens with zero attached hydrogens (tertiary/aromatic N) is 3. The number of fused-ring (bicyclic) bond motifs is 1. The summed E-state index contributed by atoms with van der Waals surface area (Å²) in [6.07, 6.45) is 1.98. The monoisotopic (exact) mass is 531 g/mol. The summed E-state index contributed by atoms with van der Waals surface area (Å²) in [5.74, 6) is 0.0817. The van der Waals surface area contributed by atoms with Crippen molar-refractivity contribution in [1.82, 2.24) is 4.90 Å². The quantitative estimate of drug-likeness (QED) is 0.390. The first-order chi connectivity index (χ1) is 18.4. The van der Waals surface area contributed by atoms with Crippen molar-refractivity contribution in [2.75, 3.05) is 49.1 Å². The Labute approximate surface area is 224 Å². The van der Waals surface area contributed by atoms with Crippen LogP contribution in [0.15, 0.2) is 57.7 Å². The Balaban J connectivity index is 1.24. The molecule has 4 aromatic rings. The van der Waals surface area contributed by atoms with Gasteiger partial charge in [0.1, 0.15) is 28.3 Å². The van der Waals surface area contributed by atoms with Crippen molar-refractivity contribution in [3.8, 4) is 22.8 Å². The minimum atomic E-state index is -0.356. The molecular formula is C29H29N3O5S. The number of thiophene rings is 1. The summed E-state index contributed by atoms with van der Waals surface area (Å²) in [6.45, 7) is 6.29. The molecule has 0 aliphatic carbocycles. The number of piperazine rings is 1. The standard InChI is InChI=1S/C29H29N3O5S/c1-18-4-9-25(38-18)29(36)32-14-12-30(13-15-32)20-7-5-19(6-8-20)24-17-22(34)26-21(33)16-23(35)27(28(26)37-24)31-10-2-3-11-31/h4-9,16-17,33,35H,2-3,10-15H2,1H3. The molecule has 2 aliphatic rings. The zero-order valence-corrected chi connectivity index (χ0v) is 22.0. The van der Waals surface area contributed by atoms with Crippen LogP contribution in [-0.2, 0) is 0 Å². The maximum Gasteiger partial charge on any atom is 0.264 e. The smallest absolute Gasteiger partial charge is 0.264 e. The van der Waals surface area contributed by atoms with Gasteiger partial charge in [0, 0.05) is 67.5 Å². The highest BCUT2D eigenvalue weighted by Crippen LogP contribution is 2.42. The molecule has 2 fully saturated rings. The van der Waals surface area contributed by atoms with Crippen molar-refractivity contribution in [3.05, 3.63) is 68.5 Å². The number of anilines is 2. The Kier molecular flexibility index (Phi) is 6.23. The Morgan fingerprint density at radius 1 is 0.868 bits per heavy atom. The van der Waals surface area contributed by atoms with Crippen molar-refractivity contribution in [2.24, 2.45) is 0 Å². The van der Waals surface area contributed by atoms with Crippen molar-refractivity contribution in [2.45, 2.75) is 19.8 Å². The fourth-order valence-corrected chi connectivity index (χ4v) is 6.22. The van der Waals surface area contributed by atoms with Crippen LogP contribution in [0.5, 0.6) is 11.5 Å². The lowest BCUT2D eigenvalue weighted by molar-refractivity contribution is 0.0751. The van der Waals surface area contributed by atoms with Crippen LogP contribution in [0.3, 0.4) is 0 Å². The third-order valence-corrected chi connectivity index (χ3v) is 8.38. The summed E-state index contributed by atoms with van der Waals surface area (Å²) in [5, 5.41) is 21.1. The van der Waals surface area contributed by atoms with E-state index in [0.29, 0.717) is 24.5 Å². The first-order valence-corrected chi connectivity index (χ1v) is 13.7. The van der Waals surface area contributed by atoms with Crippen molar-refractivity contribution in [1.29, 1.82) is 0 Å². The van der Waals surface area contributed by atoms with Gasteiger partial charge in [0.2, 0.25) is 0 Å². The molecule has 0 bridgehead atoms. The third kappa shape index (κ3) is 4.36. The lowest BCUT2D eigenvalue weighted by atomic mass is 10.1. The molecule has 0 unspecified atom stereocenters. The average Bonchev–Trinajstić information content (AvgIpc) is 3.60. The van der Waals surface area contributed by atoms with Gasteiger partial charge in [-0.15, -0.1) is 11.3 Å². The van der Waals surface area contributed by atoms with E-state index in [1.54, 1.807) is 0 Å². The van der Waals surface area contributed by atoms with Crippen LogP contribution in [-0.4, -0.2) is 60.3 Å². The fraction of sp³-hybridized carbons (Fsp3) is 0.310. The van der Waals surface area contributed by atoms with E-state index < -0.39 is 0 Å². The second kappa shape index (κ2) is 9.72. The molecule has 38 heavy (non-hydrogen) atoms. The molecule has 2 saturated heterocycles. The Morgan fingerprint density at radius 3 is 2.24 bits per heavy atom. The first kappa shape index (κ1) is 24.4. The molecule has 0 spiro atoms. The summed E-state index contributed by atoms with van der Waals surface area (Å²) in [5.41, 5.74) is 2.06. The van der Waals surface area contributed by atoms with Crippen LogP contribution < -0.4 is 15.2 Å². The van der Waals surface area contributed by atoms with Crippen LogP contribution in [0.25, 0.3) is 22.3 Å². The van der Waals surface area contributed by atoms with E-state index in [9.17, 15) is 19.8 Å². The van der Waals surface area contributed by atoms with Gasteiger partial charge in [0.15, 0.2) is 11.0 Å². The molecule has 0 saturated carbocycles. The van der Waals surface area contributed by atoms with E-state index in [-0.39, 0.29) is 33.8 Å². The summed E-state index contributed by atoms with van der Waals surface area (Å²) in [4.78, 5) is 33.9. The molecule has 2 aromatic carbocycles. The maximum absolute atomic E-state index is 13.0. The Hall–Kier alpha value is -3.98. The molecule has 9 heteroatoms. The van der Waals surface area contributed by atoms with E-state index in [0.717, 1.165) is 60.0 Å². The van der Waals surface area contributed by atoms with Crippen molar-refractivity contribution < 1.29 is 19.4 Å². The highest BCUT2D eigenvalue weighted by Gasteiger charge is 2.25. The summed E-state index contributed by atoms with van der Waals surface area (Å²) < 4.78 is 6.18. The maximum atomic E-state index is 13.0. The number of aryl methyl sites for hydroxylation is 1. The normalized spacial score (nSPS) is 16.0. The van der Waals surface area contributed by atoms with E-state index in [1.807, 2.05) is 53.1 Å². The van der Waals surface area contributed by atoms with Crippen molar-refractivity contribution in [3.63, 3.8) is 0 Å². The molecule has 2 N–H and O–H groups in total. The lowest BCUT2D eigenvalue weighted by Gasteiger charge is -2.36. The number of rotatable bonds is 4. The number of phenols is 2. The number of hydrogen-bond donors (Lipinski definition) is 2. The lowest BCUT2D eigenvalue weighted by Crippen LogP contribution is -2.48. The molecule has 4 heterocycles. The predicted octanol–water partition coefficient (Wildman–Crippen LogP) is 4.80. The SMILES string of the molecule is Cc1ccc(C(=O)N2CCN(c3ccc(-c4cc(=O)c5c(O)cc(O)c(N6CCCC6)c5o4)cc3)CC2)s1. The van der Waals surface area contributed by atoms with Gasteiger partial charge in [-0.2, -0.15) is 0 Å². The highest BCUT2D eigenvalue weighted by molar-refractivity contribution is 7.13. The molecule has 2 aromatic heterocycles. The molecule has 0 radical (unpaired) electrons. The largest absolute Gasteiger partial charge is 0.507 e. The zero-order chi connectivity index (χ0) is 26.4. The predicted molar refractivity (Wildman–Crippen MR) is 150 cm³/mol. The minimum absolute atomic E-state index is 0.0789. The number of carbonyl (C=O) groups is 1. The van der Waals surface area contributed by atoms with Crippen LogP contribution >= 0.6 is 11.3 Å². The van der Waals surface area contributed by atoms with Gasteiger partial charge in [-0.1, -0.05) is 0 Å². The molecule has 1 amide bonds. The molecule has 8 nitrogen and oxygen atoms in total. The number of amides is 1. The highest BCUT2D eigenvalue weighted by atomic mass is 32.1. The van der Waals surface area contributed by atoms with Crippen LogP contribution in [0.1, 0.15) is 27.4 Å². The average molecular weight is 532 g/mol. The topological polar surface area (TPSA) is 97.5 Å². The molecule has 196 valence electrons. The van der Waals surface area contributed by atoms with E-state index in [1.165, 1.54) is 23.5 Å². The van der Waals surface area contributed by atoms with Crippen LogP contribution in [0.4, 0.5) is 11.4 Å². The van der Waals surface area contributed by atoms with Crippen LogP contribution in [0.2, 0.25) is 0 Å². The van der Waals surface area contributed by atoms with Gasteiger partial charge in [-0.3, -0.25) is 9.59 Å². The number of benzene rings is 2. The van der Waals surface area contributed by atoms with E-state index >= 15 is 0 Å². The molecule has 2 aliphatic heterocycles. The molecular weight excluding hydrogens is 502 g/mol. The number of hydrogen-bond acceptors (Lipinski definition) is 8. The zero-order valence-electron chi connectivity index (χ0n) is 21.1. The van der Waals surface area contributed by atoms with Gasteiger partial charge < -0.3 is 29.3 Å². The second-order valence-electron chi connectivity index (χ2n) is 9.87. The van der Waals surface area contributed by atoms with E-state index in [4.69, 9.17) is 4.42 Å². The Bertz CT molecular complexity index is 1560. The second-order valence-corrected chi connectivity index (χ2v) is 11.2. The molecule has 0 atom stereocenters. The van der Waals surface area contributed by atoms with Crippen molar-refractivity contribution >= 4 is 39.6 Å². The fourth-order valence-electron chi connectivity index (χ4n) is 5.39. The van der Waals surface area contributed by atoms with Gasteiger partial charge in [-0.25, -0.2) is 0 Å². The summed E-state index contributed by atoms with van der Waals surface area (Å²) in [6, 6.07) is 14.3. The summed E-state index contributed by atoms with van der Waals surface area (Å²) in [7, 11) is 0. The van der Waals surface area contributed by atoms with Gasteiger partial charge >= 0.3 is 0 Å². The Morgan fingerprint density at radius 2 is 1.58 bits per heavy atom. The van der Waals surface area contributed by atoms with Gasteiger partial charge in [-0.05, 0) is 56.2 Å². The van der Waals surface area contributed by atoms with Crippen LogP contribution in [0, 0.1) is 6.92 Å². The number of carbonyl (C=O) groups excluding carboxylic acids is 1. The number of aromatic hydroxyl groups is 2.